The molecule has 0 aromatic carbocycles. The molecule has 1 fully saturated rings. The molecule has 1 saturated heterocycles. The number of hydrogen-bond donors (Lipinski definition) is 1. The lowest BCUT2D eigenvalue weighted by molar-refractivity contribution is -0.144. The highest BCUT2D eigenvalue weighted by atomic mass is 16.2. The van der Waals surface area contributed by atoms with Crippen molar-refractivity contribution in [1.29, 1.82) is 0 Å². The summed E-state index contributed by atoms with van der Waals surface area (Å²) in [4.78, 5) is 48.4. The summed E-state index contributed by atoms with van der Waals surface area (Å²) in [6.07, 6.45) is 3.12. The van der Waals surface area contributed by atoms with E-state index in [1.807, 2.05) is 0 Å². The molecule has 0 aromatic heterocycles. The number of carbonyl (C=O) groups is 4. The average molecular weight is 262 g/mol. The highest BCUT2D eigenvalue weighted by molar-refractivity contribution is 6.20. The number of nitrogens with one attached hydrogen (secondary N) is 1. The van der Waals surface area contributed by atoms with Crippen molar-refractivity contribution >= 4 is 23.6 Å². The van der Waals surface area contributed by atoms with E-state index in [0.29, 0.717) is 24.0 Å². The third kappa shape index (κ3) is 1.87. The van der Waals surface area contributed by atoms with Crippen molar-refractivity contribution in [3.63, 3.8) is 0 Å². The van der Waals surface area contributed by atoms with Crippen LogP contribution in [-0.2, 0) is 19.2 Å². The van der Waals surface area contributed by atoms with Crippen molar-refractivity contribution in [3.05, 3.63) is 11.1 Å². The van der Waals surface area contributed by atoms with Crippen molar-refractivity contribution in [3.8, 4) is 0 Å². The van der Waals surface area contributed by atoms with Gasteiger partial charge in [-0.15, -0.1) is 0 Å². The standard InChI is InChI=1S/C13H14N2O4/c16-10-5-7(6-11(17)14-10)15-12(18)8-3-1-2-4-9(8)13(15)19/h7H,1-6H2,(H,14,16,17). The molecule has 6 heteroatoms. The van der Waals surface area contributed by atoms with Crippen molar-refractivity contribution in [2.45, 2.75) is 44.6 Å². The van der Waals surface area contributed by atoms with Crippen molar-refractivity contribution in [1.82, 2.24) is 10.2 Å². The van der Waals surface area contributed by atoms with Crippen LogP contribution in [0.4, 0.5) is 0 Å². The monoisotopic (exact) mass is 262 g/mol. The molecule has 0 radical (unpaired) electrons. The van der Waals surface area contributed by atoms with Crippen molar-refractivity contribution in [2.24, 2.45) is 0 Å². The average Bonchev–Trinajstić information content (AvgIpc) is 2.61. The maximum atomic E-state index is 12.3. The van der Waals surface area contributed by atoms with Gasteiger partial charge in [0.1, 0.15) is 0 Å². The highest BCUT2D eigenvalue weighted by Gasteiger charge is 2.44. The molecule has 3 aliphatic rings. The summed E-state index contributed by atoms with van der Waals surface area (Å²) in [5.74, 6) is -1.45. The first-order chi connectivity index (χ1) is 9.08. The van der Waals surface area contributed by atoms with Crippen LogP contribution in [0.3, 0.4) is 0 Å². The number of carbonyl (C=O) groups excluding carboxylic acids is 4. The molecule has 0 atom stereocenters. The van der Waals surface area contributed by atoms with Gasteiger partial charge < -0.3 is 0 Å². The second-order valence-electron chi connectivity index (χ2n) is 5.18. The summed E-state index contributed by atoms with van der Waals surface area (Å²) >= 11 is 0. The number of nitrogens with zero attached hydrogens (tertiary/aromatic N) is 1. The van der Waals surface area contributed by atoms with Gasteiger partial charge in [-0.3, -0.25) is 29.4 Å². The highest BCUT2D eigenvalue weighted by Crippen LogP contribution is 2.35. The van der Waals surface area contributed by atoms with Crippen LogP contribution in [0.15, 0.2) is 11.1 Å². The van der Waals surface area contributed by atoms with Gasteiger partial charge in [-0.05, 0) is 25.7 Å². The predicted octanol–water partition coefficient (Wildman–Crippen LogP) is 0.0310. The zero-order valence-electron chi connectivity index (χ0n) is 10.4. The summed E-state index contributed by atoms with van der Waals surface area (Å²) in [6, 6.07) is -0.619. The molecule has 19 heavy (non-hydrogen) atoms. The zero-order chi connectivity index (χ0) is 13.6. The van der Waals surface area contributed by atoms with E-state index in [-0.39, 0.29) is 24.7 Å². The smallest absolute Gasteiger partial charge is 0.257 e. The molecule has 4 amide bonds. The Hall–Kier alpha value is -1.98. The van der Waals surface area contributed by atoms with E-state index >= 15 is 0 Å². The van der Waals surface area contributed by atoms with Crippen LogP contribution in [0.25, 0.3) is 0 Å². The molecule has 2 aliphatic heterocycles. The summed E-state index contributed by atoms with van der Waals surface area (Å²) in [5, 5.41) is 2.18. The molecular weight excluding hydrogens is 248 g/mol. The largest absolute Gasteiger partial charge is 0.296 e. The molecule has 1 aliphatic carbocycles. The van der Waals surface area contributed by atoms with E-state index in [0.717, 1.165) is 17.7 Å². The minimum atomic E-state index is -0.619. The van der Waals surface area contributed by atoms with E-state index in [2.05, 4.69) is 5.32 Å². The Labute approximate surface area is 109 Å². The van der Waals surface area contributed by atoms with Crippen molar-refractivity contribution in [2.75, 3.05) is 0 Å². The molecule has 2 heterocycles. The van der Waals surface area contributed by atoms with Crippen LogP contribution in [-0.4, -0.2) is 34.6 Å². The maximum Gasteiger partial charge on any atom is 0.257 e. The first-order valence-electron chi connectivity index (χ1n) is 6.50. The molecule has 3 rings (SSSR count). The number of rotatable bonds is 1. The van der Waals surface area contributed by atoms with Gasteiger partial charge in [0.15, 0.2) is 0 Å². The lowest BCUT2D eigenvalue weighted by Gasteiger charge is -2.28. The summed E-state index contributed by atoms with van der Waals surface area (Å²) in [7, 11) is 0. The van der Waals surface area contributed by atoms with Crippen LogP contribution in [0.2, 0.25) is 0 Å². The normalized spacial score (nSPS) is 24.9. The second kappa shape index (κ2) is 4.29. The van der Waals surface area contributed by atoms with E-state index in [1.54, 1.807) is 0 Å². The topological polar surface area (TPSA) is 83.6 Å². The van der Waals surface area contributed by atoms with Gasteiger partial charge in [0.25, 0.3) is 11.8 Å². The van der Waals surface area contributed by atoms with Crippen LogP contribution in [0, 0.1) is 0 Å². The van der Waals surface area contributed by atoms with Gasteiger partial charge in [0, 0.05) is 24.0 Å². The fourth-order valence-electron chi connectivity index (χ4n) is 3.03. The molecule has 0 spiro atoms. The van der Waals surface area contributed by atoms with Crippen LogP contribution >= 0.6 is 0 Å². The quantitative estimate of drug-likeness (QED) is 0.676. The molecule has 0 saturated carbocycles. The molecule has 0 bridgehead atoms. The van der Waals surface area contributed by atoms with Gasteiger partial charge in [0.05, 0.1) is 6.04 Å². The van der Waals surface area contributed by atoms with E-state index < -0.39 is 17.9 Å². The lowest BCUT2D eigenvalue weighted by Crippen LogP contribution is -2.51. The Morgan fingerprint density at radius 2 is 1.32 bits per heavy atom. The van der Waals surface area contributed by atoms with E-state index in [1.165, 1.54) is 0 Å². The molecule has 100 valence electrons. The Kier molecular flexibility index (Phi) is 2.73. The maximum absolute atomic E-state index is 12.3. The van der Waals surface area contributed by atoms with Gasteiger partial charge >= 0.3 is 0 Å². The second-order valence-corrected chi connectivity index (χ2v) is 5.18. The minimum Gasteiger partial charge on any atom is -0.296 e. The number of imide groups is 2. The number of amides is 4. The number of hydrogen-bond acceptors (Lipinski definition) is 4. The van der Waals surface area contributed by atoms with Crippen LogP contribution in [0.5, 0.6) is 0 Å². The van der Waals surface area contributed by atoms with Gasteiger partial charge in [-0.2, -0.15) is 0 Å². The summed E-state index contributed by atoms with van der Waals surface area (Å²) in [5.41, 5.74) is 1.18. The molecule has 1 N–H and O–H groups in total. The van der Waals surface area contributed by atoms with E-state index in [9.17, 15) is 19.2 Å². The zero-order valence-corrected chi connectivity index (χ0v) is 10.4. The lowest BCUT2D eigenvalue weighted by atomic mass is 9.93. The predicted molar refractivity (Wildman–Crippen MR) is 63.5 cm³/mol. The van der Waals surface area contributed by atoms with Gasteiger partial charge in [-0.25, -0.2) is 0 Å². The van der Waals surface area contributed by atoms with Gasteiger partial charge in [-0.1, -0.05) is 0 Å². The fourth-order valence-corrected chi connectivity index (χ4v) is 3.03. The van der Waals surface area contributed by atoms with Crippen molar-refractivity contribution < 1.29 is 19.2 Å². The Bertz CT molecular complexity index is 491. The first-order valence-corrected chi connectivity index (χ1v) is 6.50. The van der Waals surface area contributed by atoms with Gasteiger partial charge in [0.2, 0.25) is 11.8 Å². The summed E-state index contributed by atoms with van der Waals surface area (Å²) < 4.78 is 0. The third-order valence-corrected chi connectivity index (χ3v) is 3.91. The molecular formula is C13H14N2O4. The minimum absolute atomic E-state index is 0.0176. The first kappa shape index (κ1) is 12.1. The molecule has 0 unspecified atom stereocenters. The Morgan fingerprint density at radius 1 is 0.842 bits per heavy atom. The summed E-state index contributed by atoms with van der Waals surface area (Å²) in [6.45, 7) is 0. The SMILES string of the molecule is O=C1CC(N2C(=O)C3=C(CCCC3)C2=O)CC(=O)N1. The Balaban J connectivity index is 1.87. The van der Waals surface area contributed by atoms with E-state index in [4.69, 9.17) is 0 Å². The fraction of sp³-hybridized carbons (Fsp3) is 0.538. The van der Waals surface area contributed by atoms with Crippen LogP contribution < -0.4 is 5.32 Å². The van der Waals surface area contributed by atoms with Crippen LogP contribution in [0.1, 0.15) is 38.5 Å². The third-order valence-electron chi connectivity index (χ3n) is 3.91. The Morgan fingerprint density at radius 3 is 1.79 bits per heavy atom. The molecule has 0 aromatic rings. The number of piperidine rings is 1. The molecule has 6 nitrogen and oxygen atoms in total.